The van der Waals surface area contributed by atoms with Crippen LogP contribution in [-0.2, 0) is 17.8 Å². The largest absolute Gasteiger partial charge is 0.439 e. The third-order valence-corrected chi connectivity index (χ3v) is 10.3. The molecule has 47 heavy (non-hydrogen) atoms. The fourth-order valence-corrected chi connectivity index (χ4v) is 7.87. The van der Waals surface area contributed by atoms with Crippen LogP contribution in [0.15, 0.2) is 64.2 Å². The first-order valence-corrected chi connectivity index (χ1v) is 17.1. The maximum atomic E-state index is 11.9. The number of ether oxygens (including phenoxy) is 1. The van der Waals surface area contributed by atoms with Gasteiger partial charge in [-0.2, -0.15) is 0 Å². The molecule has 11 nitrogen and oxygen atoms in total. The Labute approximate surface area is 277 Å². The van der Waals surface area contributed by atoms with Crippen LogP contribution >= 0.6 is 11.6 Å². The molecule has 0 unspecified atom stereocenters. The monoisotopic (exact) mass is 654 g/mol. The van der Waals surface area contributed by atoms with Crippen molar-refractivity contribution in [3.8, 4) is 22.8 Å². The van der Waals surface area contributed by atoms with Crippen LogP contribution in [0.5, 0.6) is 0 Å². The van der Waals surface area contributed by atoms with Crippen molar-refractivity contribution in [2.45, 2.75) is 64.3 Å². The third-order valence-electron chi connectivity index (χ3n) is 10.1. The third kappa shape index (κ3) is 6.19. The van der Waals surface area contributed by atoms with Gasteiger partial charge in [-0.15, -0.1) is 0 Å². The molecule has 2 saturated heterocycles. The molecule has 1 N–H and O–H groups in total. The van der Waals surface area contributed by atoms with Crippen LogP contribution in [0.2, 0.25) is 5.02 Å². The number of piperidine rings is 1. The Hall–Kier alpha value is -4.06. The second kappa shape index (κ2) is 12.9. The number of rotatable bonds is 7. The van der Waals surface area contributed by atoms with Crippen molar-refractivity contribution in [2.75, 3.05) is 31.1 Å². The minimum atomic E-state index is -0.636. The molecule has 0 radical (unpaired) electrons. The highest BCUT2D eigenvalue weighted by Crippen LogP contribution is 2.39. The van der Waals surface area contributed by atoms with Gasteiger partial charge < -0.3 is 14.2 Å². The van der Waals surface area contributed by atoms with Crippen molar-refractivity contribution >= 4 is 28.6 Å². The standard InChI is InChI=1S/C35H39ClN8O3/c1-22-7-9-24(10-8-22)20-44-32-27(16-28(33-40-35(45)47-41-33)38-31(32)25-15-26(36)18-37-17-25)39-34(44)43-13-14-46-30-21-42(12-11-29(30)43)19-23-5-3-2-4-6-23/h2-6,15-18,22,24,29-30H,7-14,19-21H2,1H3,(H,40,41,45)/t22-,24-,29-,30-/m1/s1. The molecule has 2 atom stereocenters. The molecule has 1 aromatic carbocycles. The summed E-state index contributed by atoms with van der Waals surface area (Å²) in [5.41, 5.74) is 4.97. The normalized spacial score (nSPS) is 23.7. The zero-order chi connectivity index (χ0) is 31.9. The van der Waals surface area contributed by atoms with Gasteiger partial charge in [-0.05, 0) is 48.8 Å². The number of hydrogen-bond acceptors (Lipinski definition) is 9. The van der Waals surface area contributed by atoms with Crippen LogP contribution in [0.25, 0.3) is 33.8 Å². The summed E-state index contributed by atoms with van der Waals surface area (Å²) in [7, 11) is 0. The average Bonchev–Trinajstić information content (AvgIpc) is 3.69. The topological polar surface area (TPSA) is 118 Å². The van der Waals surface area contributed by atoms with Crippen LogP contribution in [0.1, 0.15) is 44.6 Å². The predicted molar refractivity (Wildman–Crippen MR) is 180 cm³/mol. The number of benzene rings is 1. The Morgan fingerprint density at radius 2 is 1.87 bits per heavy atom. The van der Waals surface area contributed by atoms with Gasteiger partial charge in [-0.1, -0.05) is 66.9 Å². The van der Waals surface area contributed by atoms with Gasteiger partial charge in [0.1, 0.15) is 5.69 Å². The summed E-state index contributed by atoms with van der Waals surface area (Å²) < 4.78 is 13.7. The molecule has 8 rings (SSSR count). The number of fused-ring (bicyclic) bond motifs is 2. The lowest BCUT2D eigenvalue weighted by Crippen LogP contribution is -2.59. The highest BCUT2D eigenvalue weighted by molar-refractivity contribution is 6.30. The smallest absolute Gasteiger partial charge is 0.373 e. The summed E-state index contributed by atoms with van der Waals surface area (Å²) in [5.74, 6) is 1.85. The summed E-state index contributed by atoms with van der Waals surface area (Å²) >= 11 is 6.47. The molecule has 6 heterocycles. The minimum absolute atomic E-state index is 0.0792. The first kappa shape index (κ1) is 30.3. The molecule has 0 bridgehead atoms. The van der Waals surface area contributed by atoms with E-state index in [0.29, 0.717) is 28.9 Å². The number of hydrogen-bond donors (Lipinski definition) is 1. The summed E-state index contributed by atoms with van der Waals surface area (Å²) in [4.78, 5) is 34.4. The zero-order valence-corrected chi connectivity index (χ0v) is 27.3. The van der Waals surface area contributed by atoms with Crippen molar-refractivity contribution in [1.82, 2.24) is 34.6 Å². The van der Waals surface area contributed by atoms with E-state index >= 15 is 0 Å². The molecule has 3 fully saturated rings. The zero-order valence-electron chi connectivity index (χ0n) is 26.5. The quantitative estimate of drug-likeness (QED) is 0.232. The number of nitrogens with zero attached hydrogens (tertiary/aromatic N) is 7. The van der Waals surface area contributed by atoms with E-state index < -0.39 is 5.76 Å². The number of morpholine rings is 1. The van der Waals surface area contributed by atoms with Gasteiger partial charge in [0.2, 0.25) is 11.8 Å². The fourth-order valence-electron chi connectivity index (χ4n) is 7.70. The van der Waals surface area contributed by atoms with Crippen LogP contribution in [0.4, 0.5) is 5.95 Å². The van der Waals surface area contributed by atoms with Gasteiger partial charge in [-0.3, -0.25) is 19.4 Å². The van der Waals surface area contributed by atoms with E-state index in [2.05, 4.69) is 66.7 Å². The lowest BCUT2D eigenvalue weighted by molar-refractivity contribution is -0.0365. The summed E-state index contributed by atoms with van der Waals surface area (Å²) in [6.07, 6.45) is 9.29. The minimum Gasteiger partial charge on any atom is -0.373 e. The van der Waals surface area contributed by atoms with Crippen LogP contribution in [0.3, 0.4) is 0 Å². The number of halogens is 1. The van der Waals surface area contributed by atoms with Gasteiger partial charge >= 0.3 is 5.76 Å². The highest BCUT2D eigenvalue weighted by Gasteiger charge is 2.39. The SMILES string of the molecule is C[C@H]1CC[C@H](Cn2c(N3CCO[C@@H]4CN(Cc5ccccc5)CC[C@H]43)nc3cc(-c4noc(=O)[nH]4)nc(-c4cncc(Cl)c4)c32)CC1. The Kier molecular flexibility index (Phi) is 8.28. The Balaban J connectivity index is 1.22. The van der Waals surface area contributed by atoms with Crippen LogP contribution in [-0.4, -0.2) is 72.9 Å². The van der Waals surface area contributed by atoms with Gasteiger partial charge in [0.05, 0.1) is 40.5 Å². The predicted octanol–water partition coefficient (Wildman–Crippen LogP) is 5.80. The Morgan fingerprint density at radius 1 is 1.02 bits per heavy atom. The van der Waals surface area contributed by atoms with E-state index in [0.717, 1.165) is 67.6 Å². The molecule has 244 valence electrons. The number of aromatic nitrogens is 6. The molecule has 4 aromatic heterocycles. The molecule has 0 amide bonds. The molecule has 0 spiro atoms. The van der Waals surface area contributed by atoms with E-state index in [1.807, 2.05) is 12.1 Å². The van der Waals surface area contributed by atoms with E-state index in [9.17, 15) is 4.79 Å². The van der Waals surface area contributed by atoms with Crippen molar-refractivity contribution in [1.29, 1.82) is 0 Å². The number of pyridine rings is 2. The average molecular weight is 655 g/mol. The maximum absolute atomic E-state index is 11.9. The fraction of sp³-hybridized carbons (Fsp3) is 0.457. The van der Waals surface area contributed by atoms with Gasteiger partial charge in [0, 0.05) is 50.7 Å². The second-order valence-corrected chi connectivity index (χ2v) is 13.8. The summed E-state index contributed by atoms with van der Waals surface area (Å²) in [6, 6.07) is 14.6. The van der Waals surface area contributed by atoms with Crippen molar-refractivity contribution in [3.05, 3.63) is 76.0 Å². The number of imidazole rings is 1. The van der Waals surface area contributed by atoms with Crippen LogP contribution in [0, 0.1) is 11.8 Å². The lowest BCUT2D eigenvalue weighted by atomic mass is 9.83. The number of anilines is 1. The molecule has 2 aliphatic heterocycles. The molecule has 3 aliphatic rings. The number of H-pyrrole nitrogens is 1. The number of aromatic amines is 1. The lowest BCUT2D eigenvalue weighted by Gasteiger charge is -2.47. The van der Waals surface area contributed by atoms with E-state index in [1.54, 1.807) is 12.4 Å². The highest BCUT2D eigenvalue weighted by atomic mass is 35.5. The van der Waals surface area contributed by atoms with Gasteiger partial charge in [0.25, 0.3) is 0 Å². The molecular weight excluding hydrogens is 616 g/mol. The van der Waals surface area contributed by atoms with Crippen molar-refractivity contribution in [2.24, 2.45) is 11.8 Å². The first-order valence-electron chi connectivity index (χ1n) is 16.7. The van der Waals surface area contributed by atoms with Gasteiger partial charge in [0.15, 0.2) is 0 Å². The maximum Gasteiger partial charge on any atom is 0.439 e. The first-order chi connectivity index (χ1) is 23.0. The van der Waals surface area contributed by atoms with Crippen molar-refractivity contribution in [3.63, 3.8) is 0 Å². The summed E-state index contributed by atoms with van der Waals surface area (Å²) in [5, 5.41) is 4.46. The molecule has 12 heteroatoms. The van der Waals surface area contributed by atoms with E-state index in [4.69, 9.17) is 30.8 Å². The molecule has 5 aromatic rings. The van der Waals surface area contributed by atoms with Crippen LogP contribution < -0.4 is 10.7 Å². The van der Waals surface area contributed by atoms with E-state index in [-0.39, 0.29) is 18.0 Å². The molecule has 1 aliphatic carbocycles. The molecule has 1 saturated carbocycles. The Bertz CT molecular complexity index is 1910. The van der Waals surface area contributed by atoms with Gasteiger partial charge in [-0.25, -0.2) is 14.8 Å². The van der Waals surface area contributed by atoms with E-state index in [1.165, 1.54) is 31.2 Å². The number of likely N-dealkylation sites (tertiary alicyclic amines) is 1. The summed E-state index contributed by atoms with van der Waals surface area (Å²) in [6.45, 7) is 7.38. The number of nitrogens with one attached hydrogen (secondary N) is 1. The van der Waals surface area contributed by atoms with Crippen molar-refractivity contribution < 1.29 is 9.26 Å². The Morgan fingerprint density at radius 3 is 2.66 bits per heavy atom. The second-order valence-electron chi connectivity index (χ2n) is 13.4. The molecular formula is C35H39ClN8O3.